The average molecular weight is 263 g/mol. The molecule has 20 heavy (non-hydrogen) atoms. The van der Waals surface area contributed by atoms with E-state index in [4.69, 9.17) is 5.73 Å². The Morgan fingerprint density at radius 2 is 1.65 bits per heavy atom. The lowest BCUT2D eigenvalue weighted by atomic mass is 10.1. The van der Waals surface area contributed by atoms with E-state index < -0.39 is 5.91 Å². The van der Waals surface area contributed by atoms with Crippen LogP contribution in [0.1, 0.15) is 16.1 Å². The third-order valence-electron chi connectivity index (χ3n) is 3.37. The molecule has 98 valence electrons. The second kappa shape index (κ2) is 5.13. The van der Waals surface area contributed by atoms with E-state index in [-0.39, 0.29) is 0 Å². The van der Waals surface area contributed by atoms with Gasteiger partial charge in [0, 0.05) is 11.6 Å². The smallest absolute Gasteiger partial charge is 0.314 e. The van der Waals surface area contributed by atoms with Crippen molar-refractivity contribution < 1.29 is 9.36 Å². The molecule has 1 amide bonds. The minimum absolute atomic E-state index is 0.405. The van der Waals surface area contributed by atoms with Crippen molar-refractivity contribution in [1.29, 1.82) is 0 Å². The van der Waals surface area contributed by atoms with E-state index in [9.17, 15) is 4.79 Å². The molecule has 3 heteroatoms. The molecule has 3 aromatic rings. The Kier molecular flexibility index (Phi) is 3.17. The number of primary amides is 1. The average Bonchev–Trinajstić information content (AvgIpc) is 2.47. The Morgan fingerprint density at radius 1 is 0.950 bits per heavy atom. The second-order valence-corrected chi connectivity index (χ2v) is 4.73. The van der Waals surface area contributed by atoms with Crippen molar-refractivity contribution in [2.75, 3.05) is 0 Å². The maximum Gasteiger partial charge on any atom is 0.314 e. The fraction of sp³-hybridized carbons (Fsp3) is 0.0588. The molecule has 3 nitrogen and oxygen atoms in total. The number of pyridine rings is 1. The summed E-state index contributed by atoms with van der Waals surface area (Å²) in [4.78, 5) is 11.8. The first kappa shape index (κ1) is 12.4. The third-order valence-corrected chi connectivity index (χ3v) is 3.37. The van der Waals surface area contributed by atoms with Crippen LogP contribution < -0.4 is 10.3 Å². The van der Waals surface area contributed by atoms with E-state index in [2.05, 4.69) is 0 Å². The highest BCUT2D eigenvalue weighted by Gasteiger charge is 2.20. The lowest BCUT2D eigenvalue weighted by molar-refractivity contribution is -0.688. The number of amides is 1. The standard InChI is InChI=1S/C17H14N2O/c18-17(20)16-15-9-5-4-8-14(15)10-11-19(16)12-13-6-2-1-3-7-13/h1-11H,12H2,(H-,18,20)/p+1. The highest BCUT2D eigenvalue weighted by atomic mass is 16.1. The highest BCUT2D eigenvalue weighted by molar-refractivity contribution is 6.02. The van der Waals surface area contributed by atoms with Gasteiger partial charge >= 0.3 is 5.91 Å². The highest BCUT2D eigenvalue weighted by Crippen LogP contribution is 2.15. The molecule has 0 aliphatic rings. The van der Waals surface area contributed by atoms with Gasteiger partial charge in [0.05, 0.1) is 5.39 Å². The summed E-state index contributed by atoms with van der Waals surface area (Å²) in [7, 11) is 0. The number of hydrogen-bond acceptors (Lipinski definition) is 1. The number of carbonyl (C=O) groups is 1. The van der Waals surface area contributed by atoms with Gasteiger partial charge in [-0.05, 0) is 11.5 Å². The summed E-state index contributed by atoms with van der Waals surface area (Å²) in [5, 5.41) is 1.91. The molecular formula is C17H15N2O+. The monoisotopic (exact) mass is 263 g/mol. The first-order valence-electron chi connectivity index (χ1n) is 6.50. The molecule has 0 aliphatic heterocycles. The van der Waals surface area contributed by atoms with E-state index >= 15 is 0 Å². The van der Waals surface area contributed by atoms with Crippen LogP contribution >= 0.6 is 0 Å². The predicted octanol–water partition coefficient (Wildman–Crippen LogP) is 2.27. The van der Waals surface area contributed by atoms with Crippen molar-refractivity contribution in [2.45, 2.75) is 6.54 Å². The molecule has 3 rings (SSSR count). The second-order valence-electron chi connectivity index (χ2n) is 4.73. The zero-order valence-corrected chi connectivity index (χ0v) is 11.0. The van der Waals surface area contributed by atoms with Crippen LogP contribution in [-0.2, 0) is 6.54 Å². The van der Waals surface area contributed by atoms with Crippen molar-refractivity contribution >= 4 is 16.7 Å². The summed E-state index contributed by atoms with van der Waals surface area (Å²) in [6.45, 7) is 0.629. The molecule has 0 unspecified atom stereocenters. The van der Waals surface area contributed by atoms with Gasteiger partial charge in [0.15, 0.2) is 12.7 Å². The first-order valence-corrected chi connectivity index (χ1v) is 6.50. The fourth-order valence-electron chi connectivity index (χ4n) is 2.44. The van der Waals surface area contributed by atoms with E-state index in [1.165, 1.54) is 0 Å². The molecule has 1 heterocycles. The number of rotatable bonds is 3. The molecule has 0 saturated heterocycles. The number of nitrogens with zero attached hydrogens (tertiary/aromatic N) is 1. The Hall–Kier alpha value is -2.68. The van der Waals surface area contributed by atoms with Crippen molar-refractivity contribution in [2.24, 2.45) is 5.73 Å². The van der Waals surface area contributed by atoms with Crippen LogP contribution in [0.5, 0.6) is 0 Å². The van der Waals surface area contributed by atoms with Crippen molar-refractivity contribution in [3.05, 3.63) is 78.1 Å². The number of aromatic nitrogens is 1. The SMILES string of the molecule is NC(=O)c1c2ccccc2cc[n+]1Cc1ccccc1. The zero-order valence-electron chi connectivity index (χ0n) is 11.0. The Balaban J connectivity index is 2.15. The minimum Gasteiger partial charge on any atom is -0.360 e. The molecule has 1 aromatic heterocycles. The van der Waals surface area contributed by atoms with E-state index in [0.29, 0.717) is 12.2 Å². The van der Waals surface area contributed by atoms with Gasteiger partial charge in [-0.25, -0.2) is 0 Å². The molecule has 2 N–H and O–H groups in total. The summed E-state index contributed by atoms with van der Waals surface area (Å²) < 4.78 is 1.90. The maximum atomic E-state index is 11.8. The Labute approximate surface area is 117 Å². The van der Waals surface area contributed by atoms with E-state index in [1.54, 1.807) is 0 Å². The van der Waals surface area contributed by atoms with E-state index in [0.717, 1.165) is 16.3 Å². The molecule has 0 spiro atoms. The van der Waals surface area contributed by atoms with Gasteiger partial charge in [0.2, 0.25) is 0 Å². The van der Waals surface area contributed by atoms with Gasteiger partial charge in [-0.2, -0.15) is 4.57 Å². The summed E-state index contributed by atoms with van der Waals surface area (Å²) in [5.41, 5.74) is 7.26. The number of nitrogens with two attached hydrogens (primary N) is 1. The lowest BCUT2D eigenvalue weighted by Gasteiger charge is -2.05. The summed E-state index contributed by atoms with van der Waals surface area (Å²) in [6.07, 6.45) is 1.91. The lowest BCUT2D eigenvalue weighted by Crippen LogP contribution is -2.42. The Morgan fingerprint density at radius 3 is 2.40 bits per heavy atom. The molecule has 2 aromatic carbocycles. The van der Waals surface area contributed by atoms with Crippen molar-refractivity contribution in [3.63, 3.8) is 0 Å². The first-order chi connectivity index (χ1) is 9.75. The summed E-state index contributed by atoms with van der Waals surface area (Å²) in [5.74, 6) is -0.405. The molecule has 0 radical (unpaired) electrons. The molecular weight excluding hydrogens is 248 g/mol. The number of carbonyl (C=O) groups excluding carboxylic acids is 1. The van der Waals surface area contributed by atoms with Crippen molar-refractivity contribution in [1.82, 2.24) is 0 Å². The van der Waals surface area contributed by atoms with Gasteiger partial charge in [-0.15, -0.1) is 0 Å². The zero-order chi connectivity index (χ0) is 13.9. The van der Waals surface area contributed by atoms with Crippen LogP contribution in [0.4, 0.5) is 0 Å². The minimum atomic E-state index is -0.405. The van der Waals surface area contributed by atoms with Gasteiger partial charge in [0.1, 0.15) is 0 Å². The van der Waals surface area contributed by atoms with E-state index in [1.807, 2.05) is 71.4 Å². The third kappa shape index (κ3) is 2.26. The summed E-state index contributed by atoms with van der Waals surface area (Å²) >= 11 is 0. The molecule has 0 aliphatic carbocycles. The van der Waals surface area contributed by atoms with Crippen LogP contribution in [-0.4, -0.2) is 5.91 Å². The van der Waals surface area contributed by atoms with Crippen LogP contribution in [0.2, 0.25) is 0 Å². The maximum absolute atomic E-state index is 11.8. The van der Waals surface area contributed by atoms with Gasteiger partial charge in [-0.3, -0.25) is 4.79 Å². The fourth-order valence-corrected chi connectivity index (χ4v) is 2.44. The van der Waals surface area contributed by atoms with Gasteiger partial charge < -0.3 is 5.73 Å². The number of fused-ring (bicyclic) bond motifs is 1. The topological polar surface area (TPSA) is 47.0 Å². The number of hydrogen-bond donors (Lipinski definition) is 1. The molecule has 0 saturated carbocycles. The molecule has 0 fully saturated rings. The molecule has 0 bridgehead atoms. The summed E-state index contributed by atoms with van der Waals surface area (Å²) in [6, 6.07) is 19.8. The largest absolute Gasteiger partial charge is 0.360 e. The van der Waals surface area contributed by atoms with Gasteiger partial charge in [-0.1, -0.05) is 48.5 Å². The molecule has 0 atom stereocenters. The number of benzene rings is 2. The van der Waals surface area contributed by atoms with Crippen LogP contribution in [0.25, 0.3) is 10.8 Å². The predicted molar refractivity (Wildman–Crippen MR) is 78.2 cm³/mol. The Bertz CT molecular complexity index is 766. The normalized spacial score (nSPS) is 10.6. The van der Waals surface area contributed by atoms with Crippen molar-refractivity contribution in [3.8, 4) is 0 Å². The van der Waals surface area contributed by atoms with Crippen LogP contribution in [0.15, 0.2) is 66.9 Å². The van der Waals surface area contributed by atoms with Crippen LogP contribution in [0.3, 0.4) is 0 Å². The van der Waals surface area contributed by atoms with Crippen LogP contribution in [0, 0.1) is 0 Å². The van der Waals surface area contributed by atoms with Gasteiger partial charge in [0.25, 0.3) is 5.69 Å². The quantitative estimate of drug-likeness (QED) is 0.724.